The lowest BCUT2D eigenvalue weighted by Gasteiger charge is -2.10. The van der Waals surface area contributed by atoms with Gasteiger partial charge in [-0.2, -0.15) is 0 Å². The lowest BCUT2D eigenvalue weighted by Crippen LogP contribution is -2.34. The standard InChI is InChI=1S/C14H17N3O4S/c1-9(18)15-10-3-5-11(6-4-10)16-14(22)17-12(19)7-8-13(20)21-2/h3-6H,7-8H2,1-2H3,(H,15,18)(H2,16,17,19,22). The largest absolute Gasteiger partial charge is 0.469 e. The van der Waals surface area contributed by atoms with Crippen molar-refractivity contribution in [2.24, 2.45) is 0 Å². The molecule has 0 radical (unpaired) electrons. The highest BCUT2D eigenvalue weighted by molar-refractivity contribution is 7.80. The number of benzene rings is 1. The van der Waals surface area contributed by atoms with Crippen LogP contribution in [0.15, 0.2) is 24.3 Å². The molecule has 0 bridgehead atoms. The van der Waals surface area contributed by atoms with Gasteiger partial charge in [-0.25, -0.2) is 0 Å². The summed E-state index contributed by atoms with van der Waals surface area (Å²) in [6.07, 6.45) is -0.00762. The molecule has 2 amide bonds. The monoisotopic (exact) mass is 323 g/mol. The summed E-state index contributed by atoms with van der Waals surface area (Å²) in [5.74, 6) is -0.991. The molecule has 8 heteroatoms. The number of nitrogens with one attached hydrogen (secondary N) is 3. The van der Waals surface area contributed by atoms with Crippen LogP contribution in [-0.2, 0) is 19.1 Å². The fourth-order valence-electron chi connectivity index (χ4n) is 1.51. The summed E-state index contributed by atoms with van der Waals surface area (Å²) in [6.45, 7) is 1.42. The summed E-state index contributed by atoms with van der Waals surface area (Å²) in [5.41, 5.74) is 1.32. The van der Waals surface area contributed by atoms with E-state index in [4.69, 9.17) is 12.2 Å². The highest BCUT2D eigenvalue weighted by atomic mass is 32.1. The van der Waals surface area contributed by atoms with Crippen LogP contribution in [0.1, 0.15) is 19.8 Å². The number of amides is 2. The van der Waals surface area contributed by atoms with E-state index in [1.54, 1.807) is 24.3 Å². The number of carbonyl (C=O) groups excluding carboxylic acids is 3. The molecule has 0 aliphatic rings. The minimum absolute atomic E-state index is 0.00361. The van der Waals surface area contributed by atoms with Crippen molar-refractivity contribution in [3.63, 3.8) is 0 Å². The van der Waals surface area contributed by atoms with Crippen molar-refractivity contribution in [1.82, 2.24) is 5.32 Å². The van der Waals surface area contributed by atoms with Gasteiger partial charge in [-0.3, -0.25) is 14.4 Å². The SMILES string of the molecule is COC(=O)CCC(=O)NC(=S)Nc1ccc(NC(C)=O)cc1. The number of ether oxygens (including phenoxy) is 1. The van der Waals surface area contributed by atoms with Gasteiger partial charge >= 0.3 is 5.97 Å². The first-order chi connectivity index (χ1) is 10.4. The third-order valence-corrected chi connectivity index (χ3v) is 2.70. The topological polar surface area (TPSA) is 96.5 Å². The molecule has 22 heavy (non-hydrogen) atoms. The number of rotatable bonds is 5. The highest BCUT2D eigenvalue weighted by Gasteiger charge is 2.08. The summed E-state index contributed by atoms with van der Waals surface area (Å²) in [5, 5.41) is 8.05. The van der Waals surface area contributed by atoms with Gasteiger partial charge in [0.15, 0.2) is 5.11 Å². The Bertz CT molecular complexity index is 572. The second-order valence-corrected chi connectivity index (χ2v) is 4.75. The van der Waals surface area contributed by atoms with Gasteiger partial charge in [-0.15, -0.1) is 0 Å². The Hall–Kier alpha value is -2.48. The van der Waals surface area contributed by atoms with E-state index < -0.39 is 5.97 Å². The zero-order valence-corrected chi connectivity index (χ0v) is 13.1. The van der Waals surface area contributed by atoms with Crippen molar-refractivity contribution < 1.29 is 19.1 Å². The molecule has 1 aromatic rings. The molecule has 0 aliphatic carbocycles. The number of hydrogen-bond acceptors (Lipinski definition) is 5. The average molecular weight is 323 g/mol. The third-order valence-electron chi connectivity index (χ3n) is 2.50. The second kappa shape index (κ2) is 8.73. The van der Waals surface area contributed by atoms with Gasteiger partial charge in [0.25, 0.3) is 0 Å². The highest BCUT2D eigenvalue weighted by Crippen LogP contribution is 2.13. The van der Waals surface area contributed by atoms with E-state index in [0.717, 1.165) is 0 Å². The van der Waals surface area contributed by atoms with Crippen molar-refractivity contribution in [3.8, 4) is 0 Å². The molecule has 0 fully saturated rings. The van der Waals surface area contributed by atoms with Crippen LogP contribution >= 0.6 is 12.2 Å². The summed E-state index contributed by atoms with van der Waals surface area (Å²) < 4.78 is 4.44. The zero-order chi connectivity index (χ0) is 16.5. The van der Waals surface area contributed by atoms with Crippen molar-refractivity contribution in [3.05, 3.63) is 24.3 Å². The molecule has 0 saturated carbocycles. The Morgan fingerprint density at radius 2 is 1.59 bits per heavy atom. The summed E-state index contributed by atoms with van der Waals surface area (Å²) in [4.78, 5) is 33.4. The van der Waals surface area contributed by atoms with Crippen LogP contribution in [0.3, 0.4) is 0 Å². The predicted octanol–water partition coefficient (Wildman–Crippen LogP) is 1.41. The van der Waals surface area contributed by atoms with Gasteiger partial charge in [0.05, 0.1) is 13.5 Å². The van der Waals surface area contributed by atoms with E-state index in [-0.39, 0.29) is 29.8 Å². The van der Waals surface area contributed by atoms with Crippen LogP contribution in [0.4, 0.5) is 11.4 Å². The van der Waals surface area contributed by atoms with Gasteiger partial charge < -0.3 is 20.7 Å². The van der Waals surface area contributed by atoms with Crippen LogP contribution in [0.5, 0.6) is 0 Å². The Balaban J connectivity index is 2.42. The maximum Gasteiger partial charge on any atom is 0.306 e. The molecular weight excluding hydrogens is 306 g/mol. The van der Waals surface area contributed by atoms with Crippen molar-refractivity contribution >= 4 is 46.5 Å². The van der Waals surface area contributed by atoms with E-state index in [9.17, 15) is 14.4 Å². The molecule has 0 heterocycles. The van der Waals surface area contributed by atoms with Crippen LogP contribution in [-0.4, -0.2) is 30.0 Å². The third kappa shape index (κ3) is 6.80. The molecule has 1 aromatic carbocycles. The Morgan fingerprint density at radius 3 is 2.09 bits per heavy atom. The predicted molar refractivity (Wildman–Crippen MR) is 86.4 cm³/mol. The van der Waals surface area contributed by atoms with Crippen molar-refractivity contribution in [2.45, 2.75) is 19.8 Å². The number of thiocarbonyl (C=S) groups is 1. The second-order valence-electron chi connectivity index (χ2n) is 4.34. The Kier molecular flexibility index (Phi) is 6.97. The van der Waals surface area contributed by atoms with E-state index in [2.05, 4.69) is 20.7 Å². The summed E-state index contributed by atoms with van der Waals surface area (Å²) >= 11 is 4.99. The van der Waals surface area contributed by atoms with Crippen LogP contribution in [0.25, 0.3) is 0 Å². The quantitative estimate of drug-likeness (QED) is 0.560. The number of methoxy groups -OCH3 is 1. The van der Waals surface area contributed by atoms with Gasteiger partial charge in [-0.1, -0.05) is 0 Å². The van der Waals surface area contributed by atoms with Crippen LogP contribution in [0.2, 0.25) is 0 Å². The summed E-state index contributed by atoms with van der Waals surface area (Å²) in [7, 11) is 1.26. The molecule has 0 saturated heterocycles. The van der Waals surface area contributed by atoms with Crippen molar-refractivity contribution in [1.29, 1.82) is 0 Å². The molecule has 118 valence electrons. The van der Waals surface area contributed by atoms with Gasteiger partial charge in [0, 0.05) is 24.7 Å². The molecule has 0 atom stereocenters. The molecule has 0 aliphatic heterocycles. The van der Waals surface area contributed by atoms with Gasteiger partial charge in [-0.05, 0) is 36.5 Å². The normalized spacial score (nSPS) is 9.55. The first-order valence-corrected chi connectivity index (χ1v) is 6.87. The fraction of sp³-hybridized carbons (Fsp3) is 0.286. The zero-order valence-electron chi connectivity index (χ0n) is 12.3. The maximum absolute atomic E-state index is 11.5. The van der Waals surface area contributed by atoms with E-state index >= 15 is 0 Å². The van der Waals surface area contributed by atoms with E-state index in [0.29, 0.717) is 11.4 Å². The fourth-order valence-corrected chi connectivity index (χ4v) is 1.74. The number of esters is 1. The molecule has 1 rings (SSSR count). The maximum atomic E-state index is 11.5. The van der Waals surface area contributed by atoms with Gasteiger partial charge in [0.2, 0.25) is 11.8 Å². The van der Waals surface area contributed by atoms with Crippen LogP contribution in [0, 0.1) is 0 Å². The minimum Gasteiger partial charge on any atom is -0.469 e. The van der Waals surface area contributed by atoms with E-state index in [1.165, 1.54) is 14.0 Å². The molecule has 0 aromatic heterocycles. The number of hydrogen-bond donors (Lipinski definition) is 3. The Labute approximate surface area is 133 Å². The lowest BCUT2D eigenvalue weighted by atomic mass is 10.3. The minimum atomic E-state index is -0.456. The van der Waals surface area contributed by atoms with Crippen LogP contribution < -0.4 is 16.0 Å². The summed E-state index contributed by atoms with van der Waals surface area (Å²) in [6, 6.07) is 6.81. The molecule has 0 spiro atoms. The van der Waals surface area contributed by atoms with Gasteiger partial charge in [0.1, 0.15) is 0 Å². The lowest BCUT2D eigenvalue weighted by molar-refractivity contribution is -0.142. The van der Waals surface area contributed by atoms with Crippen molar-refractivity contribution in [2.75, 3.05) is 17.7 Å². The average Bonchev–Trinajstić information content (AvgIpc) is 2.46. The molecule has 7 nitrogen and oxygen atoms in total. The molecule has 3 N–H and O–H groups in total. The first kappa shape index (κ1) is 17.6. The smallest absolute Gasteiger partial charge is 0.306 e. The number of anilines is 2. The Morgan fingerprint density at radius 1 is 1.05 bits per heavy atom. The first-order valence-electron chi connectivity index (χ1n) is 6.46. The number of carbonyl (C=O) groups is 3. The molecular formula is C14H17N3O4S. The molecule has 0 unspecified atom stereocenters. The van der Waals surface area contributed by atoms with E-state index in [1.807, 2.05) is 0 Å².